The molecular formula is C18H11Br2NO4. The molecule has 0 saturated heterocycles. The highest BCUT2D eigenvalue weighted by Gasteiger charge is 2.20. The lowest BCUT2D eigenvalue weighted by Gasteiger charge is -2.12. The molecule has 126 valence electrons. The molecule has 1 aromatic heterocycles. The van der Waals surface area contributed by atoms with Crippen molar-refractivity contribution in [3.05, 3.63) is 63.2 Å². The van der Waals surface area contributed by atoms with Gasteiger partial charge in [-0.1, -0.05) is 34.1 Å². The standard InChI is InChI=1S/C18H11Br2NO4/c1-10(22)24-15-7-3-2-5-12(15)18(23)25-17-14(20)9-13(19)11-6-4-8-21-16(11)17/h2-9H,1H3. The molecular weight excluding hydrogens is 454 g/mol. The van der Waals surface area contributed by atoms with E-state index >= 15 is 0 Å². The van der Waals surface area contributed by atoms with Crippen LogP contribution in [0.3, 0.4) is 0 Å². The zero-order chi connectivity index (χ0) is 18.0. The molecule has 0 aliphatic rings. The summed E-state index contributed by atoms with van der Waals surface area (Å²) in [5.41, 5.74) is 0.679. The number of carbonyl (C=O) groups excluding carboxylic acids is 2. The van der Waals surface area contributed by atoms with Gasteiger partial charge in [-0.3, -0.25) is 9.78 Å². The van der Waals surface area contributed by atoms with E-state index in [1.807, 2.05) is 6.07 Å². The Morgan fingerprint density at radius 3 is 2.52 bits per heavy atom. The van der Waals surface area contributed by atoms with Crippen LogP contribution in [0.2, 0.25) is 0 Å². The van der Waals surface area contributed by atoms with Gasteiger partial charge in [-0.05, 0) is 40.2 Å². The summed E-state index contributed by atoms with van der Waals surface area (Å²) in [4.78, 5) is 28.1. The maximum Gasteiger partial charge on any atom is 0.347 e. The molecule has 0 fully saturated rings. The Balaban J connectivity index is 2.03. The number of para-hydroxylation sites is 1. The van der Waals surface area contributed by atoms with E-state index in [2.05, 4.69) is 36.8 Å². The van der Waals surface area contributed by atoms with Crippen LogP contribution >= 0.6 is 31.9 Å². The maximum absolute atomic E-state index is 12.6. The SMILES string of the molecule is CC(=O)Oc1ccccc1C(=O)Oc1c(Br)cc(Br)c2cccnc12. The van der Waals surface area contributed by atoms with Crippen molar-refractivity contribution in [3.8, 4) is 11.5 Å². The van der Waals surface area contributed by atoms with Crippen LogP contribution in [0.25, 0.3) is 10.9 Å². The number of nitrogens with zero attached hydrogens (tertiary/aromatic N) is 1. The van der Waals surface area contributed by atoms with Gasteiger partial charge in [-0.2, -0.15) is 0 Å². The number of fused-ring (bicyclic) bond motifs is 1. The molecule has 25 heavy (non-hydrogen) atoms. The van der Waals surface area contributed by atoms with E-state index < -0.39 is 11.9 Å². The van der Waals surface area contributed by atoms with Crippen molar-refractivity contribution >= 4 is 54.7 Å². The number of pyridine rings is 1. The average molecular weight is 465 g/mol. The zero-order valence-electron chi connectivity index (χ0n) is 13.0. The molecule has 0 radical (unpaired) electrons. The molecule has 0 amide bonds. The van der Waals surface area contributed by atoms with E-state index in [9.17, 15) is 9.59 Å². The number of benzene rings is 2. The van der Waals surface area contributed by atoms with Crippen LogP contribution in [0.1, 0.15) is 17.3 Å². The van der Waals surface area contributed by atoms with Crippen molar-refractivity contribution < 1.29 is 19.1 Å². The average Bonchev–Trinajstić information content (AvgIpc) is 2.58. The molecule has 5 nitrogen and oxygen atoms in total. The van der Waals surface area contributed by atoms with Gasteiger partial charge < -0.3 is 9.47 Å². The number of aromatic nitrogens is 1. The first-order chi connectivity index (χ1) is 12.0. The summed E-state index contributed by atoms with van der Waals surface area (Å²) in [6.07, 6.45) is 1.62. The smallest absolute Gasteiger partial charge is 0.347 e. The third kappa shape index (κ3) is 3.72. The van der Waals surface area contributed by atoms with Crippen LogP contribution in [0.4, 0.5) is 0 Å². The van der Waals surface area contributed by atoms with Crippen molar-refractivity contribution in [2.75, 3.05) is 0 Å². The number of ether oxygens (including phenoxy) is 2. The predicted octanol–water partition coefficient (Wildman–Crippen LogP) is 4.90. The first kappa shape index (κ1) is 17.6. The van der Waals surface area contributed by atoms with Crippen molar-refractivity contribution in [3.63, 3.8) is 0 Å². The minimum absolute atomic E-state index is 0.144. The predicted molar refractivity (Wildman–Crippen MR) is 99.9 cm³/mol. The molecule has 0 aliphatic heterocycles. The third-order valence-electron chi connectivity index (χ3n) is 3.31. The van der Waals surface area contributed by atoms with Gasteiger partial charge in [-0.25, -0.2) is 4.79 Å². The molecule has 0 atom stereocenters. The second kappa shape index (κ2) is 7.33. The van der Waals surface area contributed by atoms with E-state index in [-0.39, 0.29) is 11.3 Å². The Kier molecular flexibility index (Phi) is 5.15. The lowest BCUT2D eigenvalue weighted by molar-refractivity contribution is -0.131. The fourth-order valence-electron chi connectivity index (χ4n) is 2.27. The summed E-state index contributed by atoms with van der Waals surface area (Å²) in [6.45, 7) is 1.27. The molecule has 0 spiro atoms. The summed E-state index contributed by atoms with van der Waals surface area (Å²) in [7, 11) is 0. The number of rotatable bonds is 3. The van der Waals surface area contributed by atoms with E-state index in [0.29, 0.717) is 15.7 Å². The van der Waals surface area contributed by atoms with Gasteiger partial charge in [0.1, 0.15) is 16.8 Å². The third-order valence-corrected chi connectivity index (χ3v) is 4.55. The molecule has 2 aromatic carbocycles. The van der Waals surface area contributed by atoms with E-state index in [4.69, 9.17) is 9.47 Å². The van der Waals surface area contributed by atoms with Crippen LogP contribution in [0.5, 0.6) is 11.5 Å². The highest BCUT2D eigenvalue weighted by atomic mass is 79.9. The highest BCUT2D eigenvalue weighted by Crippen LogP contribution is 2.38. The second-order valence-corrected chi connectivity index (χ2v) is 6.76. The topological polar surface area (TPSA) is 65.5 Å². The second-order valence-electron chi connectivity index (χ2n) is 5.05. The van der Waals surface area contributed by atoms with Gasteiger partial charge in [0, 0.05) is 23.0 Å². The maximum atomic E-state index is 12.6. The number of hydrogen-bond acceptors (Lipinski definition) is 5. The van der Waals surface area contributed by atoms with Crippen LogP contribution in [-0.2, 0) is 4.79 Å². The Morgan fingerprint density at radius 1 is 1.00 bits per heavy atom. The highest BCUT2D eigenvalue weighted by molar-refractivity contribution is 9.11. The molecule has 0 aliphatic carbocycles. The van der Waals surface area contributed by atoms with Gasteiger partial charge in [0.05, 0.1) is 4.47 Å². The summed E-state index contributed by atoms with van der Waals surface area (Å²) in [5, 5.41) is 0.807. The van der Waals surface area contributed by atoms with E-state index in [0.717, 1.165) is 9.86 Å². The lowest BCUT2D eigenvalue weighted by atomic mass is 10.2. The molecule has 7 heteroatoms. The number of hydrogen-bond donors (Lipinski definition) is 0. The zero-order valence-corrected chi connectivity index (χ0v) is 16.1. The largest absolute Gasteiger partial charge is 0.426 e. The molecule has 1 heterocycles. The van der Waals surface area contributed by atoms with Gasteiger partial charge in [0.15, 0.2) is 5.75 Å². The van der Waals surface area contributed by atoms with Crippen LogP contribution in [0, 0.1) is 0 Å². The fraction of sp³-hybridized carbons (Fsp3) is 0.0556. The number of halogens is 2. The van der Waals surface area contributed by atoms with Crippen molar-refractivity contribution in [2.45, 2.75) is 6.92 Å². The monoisotopic (exact) mass is 463 g/mol. The minimum Gasteiger partial charge on any atom is -0.426 e. The Labute approximate surface area is 160 Å². The van der Waals surface area contributed by atoms with Crippen molar-refractivity contribution in [1.29, 1.82) is 0 Å². The summed E-state index contributed by atoms with van der Waals surface area (Å²) in [5.74, 6) is -0.726. The number of esters is 2. The van der Waals surface area contributed by atoms with Crippen molar-refractivity contribution in [2.24, 2.45) is 0 Å². The molecule has 0 bridgehead atoms. The molecule has 3 aromatic rings. The van der Waals surface area contributed by atoms with Gasteiger partial charge >= 0.3 is 11.9 Å². The van der Waals surface area contributed by atoms with Crippen LogP contribution < -0.4 is 9.47 Å². The summed E-state index contributed by atoms with van der Waals surface area (Å²) in [6, 6.07) is 11.8. The van der Waals surface area contributed by atoms with E-state index in [1.165, 1.54) is 19.1 Å². The first-order valence-corrected chi connectivity index (χ1v) is 8.78. The van der Waals surface area contributed by atoms with Gasteiger partial charge in [0.25, 0.3) is 0 Å². The summed E-state index contributed by atoms with van der Waals surface area (Å²) >= 11 is 6.86. The Hall–Kier alpha value is -2.25. The first-order valence-electron chi connectivity index (χ1n) is 7.19. The normalized spacial score (nSPS) is 10.5. The van der Waals surface area contributed by atoms with Gasteiger partial charge in [-0.15, -0.1) is 0 Å². The molecule has 0 saturated carbocycles. The minimum atomic E-state index is -0.646. The molecule has 0 unspecified atom stereocenters. The quantitative estimate of drug-likeness (QED) is 0.407. The fourth-order valence-corrected chi connectivity index (χ4v) is 3.62. The summed E-state index contributed by atoms with van der Waals surface area (Å²) < 4.78 is 12.0. The molecule has 0 N–H and O–H groups in total. The van der Waals surface area contributed by atoms with Crippen molar-refractivity contribution in [1.82, 2.24) is 4.98 Å². The van der Waals surface area contributed by atoms with Gasteiger partial charge in [0.2, 0.25) is 0 Å². The van der Waals surface area contributed by atoms with E-state index in [1.54, 1.807) is 30.5 Å². The Morgan fingerprint density at radius 2 is 1.76 bits per heavy atom. The lowest BCUT2D eigenvalue weighted by Crippen LogP contribution is -2.13. The van der Waals surface area contributed by atoms with Crippen LogP contribution in [-0.4, -0.2) is 16.9 Å². The molecule has 3 rings (SSSR count). The Bertz CT molecular complexity index is 988. The van der Waals surface area contributed by atoms with Crippen LogP contribution in [0.15, 0.2) is 57.6 Å². The number of carbonyl (C=O) groups is 2.